The van der Waals surface area contributed by atoms with E-state index < -0.39 is 0 Å². The topological polar surface area (TPSA) is 63.5 Å². The van der Waals surface area contributed by atoms with Crippen LogP contribution in [0.1, 0.15) is 57.8 Å². The van der Waals surface area contributed by atoms with E-state index in [0.717, 1.165) is 38.6 Å². The highest BCUT2D eigenvalue weighted by Crippen LogP contribution is 2.28. The van der Waals surface area contributed by atoms with Gasteiger partial charge in [0, 0.05) is 32.2 Å². The second-order valence-corrected chi connectivity index (χ2v) is 8.76. The van der Waals surface area contributed by atoms with Crippen LogP contribution in [0.2, 0.25) is 0 Å². The van der Waals surface area contributed by atoms with Gasteiger partial charge in [-0.05, 0) is 57.5 Å². The van der Waals surface area contributed by atoms with Gasteiger partial charge in [-0.2, -0.15) is 5.10 Å². The number of aromatic nitrogens is 3. The van der Waals surface area contributed by atoms with Crippen LogP contribution in [0, 0.1) is 5.92 Å². The van der Waals surface area contributed by atoms with Crippen molar-refractivity contribution in [1.29, 1.82) is 0 Å². The van der Waals surface area contributed by atoms with E-state index in [9.17, 15) is 4.79 Å². The molecule has 28 heavy (non-hydrogen) atoms. The van der Waals surface area contributed by atoms with E-state index in [4.69, 9.17) is 4.74 Å². The quantitative estimate of drug-likeness (QED) is 0.683. The molecule has 1 saturated carbocycles. The van der Waals surface area contributed by atoms with E-state index in [2.05, 4.69) is 19.9 Å². The van der Waals surface area contributed by atoms with Gasteiger partial charge in [0.05, 0.1) is 12.6 Å². The second kappa shape index (κ2) is 9.83. The van der Waals surface area contributed by atoms with Gasteiger partial charge < -0.3 is 14.5 Å². The molecule has 1 aliphatic carbocycles. The number of piperidine rings is 1. The van der Waals surface area contributed by atoms with Crippen molar-refractivity contribution in [1.82, 2.24) is 24.6 Å². The molecule has 3 aliphatic rings. The van der Waals surface area contributed by atoms with Crippen molar-refractivity contribution >= 4 is 5.91 Å². The van der Waals surface area contributed by atoms with E-state index in [1.54, 1.807) is 11.0 Å². The molecule has 0 aromatic carbocycles. The van der Waals surface area contributed by atoms with Gasteiger partial charge in [-0.3, -0.25) is 9.48 Å². The normalized spacial score (nSPS) is 24.8. The Labute approximate surface area is 168 Å². The molecule has 156 valence electrons. The lowest BCUT2D eigenvalue weighted by Crippen LogP contribution is -2.45. The van der Waals surface area contributed by atoms with Gasteiger partial charge >= 0.3 is 0 Å². The number of hydrogen-bond donors (Lipinski definition) is 0. The predicted molar refractivity (Wildman–Crippen MR) is 107 cm³/mol. The lowest BCUT2D eigenvalue weighted by molar-refractivity contribution is -0.134. The molecule has 1 atom stereocenters. The average Bonchev–Trinajstić information content (AvgIpc) is 3.50. The Morgan fingerprint density at radius 2 is 1.89 bits per heavy atom. The van der Waals surface area contributed by atoms with Gasteiger partial charge in [0.2, 0.25) is 5.91 Å². The maximum Gasteiger partial charge on any atom is 0.224 e. The minimum absolute atomic E-state index is 0.217. The predicted octanol–water partition coefficient (Wildman–Crippen LogP) is 2.33. The minimum atomic E-state index is 0.217. The average molecular weight is 390 g/mol. The number of ether oxygens (including phenoxy) is 1. The Hall–Kier alpha value is -1.47. The summed E-state index contributed by atoms with van der Waals surface area (Å²) in [5, 5.41) is 4.12. The van der Waals surface area contributed by atoms with E-state index in [-0.39, 0.29) is 12.0 Å². The highest BCUT2D eigenvalue weighted by atomic mass is 16.5. The number of likely N-dealkylation sites (tertiary alicyclic amines) is 1. The number of carbonyl (C=O) groups is 1. The first-order valence-electron chi connectivity index (χ1n) is 11.2. The molecule has 7 nitrogen and oxygen atoms in total. The lowest BCUT2D eigenvalue weighted by Gasteiger charge is -2.38. The summed E-state index contributed by atoms with van der Waals surface area (Å²) in [6.07, 6.45) is 14.1. The molecule has 3 heterocycles. The lowest BCUT2D eigenvalue weighted by atomic mass is 9.94. The Morgan fingerprint density at radius 1 is 1.07 bits per heavy atom. The number of amides is 1. The van der Waals surface area contributed by atoms with Crippen molar-refractivity contribution < 1.29 is 9.53 Å². The van der Waals surface area contributed by atoms with Crippen LogP contribution in [-0.2, 0) is 16.1 Å². The third kappa shape index (κ3) is 5.32. The molecular weight excluding hydrogens is 354 g/mol. The van der Waals surface area contributed by atoms with Gasteiger partial charge in [-0.25, -0.2) is 4.98 Å². The van der Waals surface area contributed by atoms with Crippen molar-refractivity contribution in [3.05, 3.63) is 12.7 Å². The van der Waals surface area contributed by atoms with Crippen molar-refractivity contribution in [3.8, 4) is 0 Å². The molecule has 1 aromatic rings. The monoisotopic (exact) mass is 389 g/mol. The number of carbonyl (C=O) groups excluding carboxylic acids is 1. The molecule has 0 N–H and O–H groups in total. The summed E-state index contributed by atoms with van der Waals surface area (Å²) in [6.45, 7) is 5.48. The van der Waals surface area contributed by atoms with Crippen molar-refractivity contribution in [3.63, 3.8) is 0 Å². The Balaban J connectivity index is 1.28. The highest BCUT2D eigenvalue weighted by Gasteiger charge is 2.30. The number of rotatable bonds is 8. The third-order valence-corrected chi connectivity index (χ3v) is 6.79. The summed E-state index contributed by atoms with van der Waals surface area (Å²) in [7, 11) is 0. The SMILES string of the molecule is O=C(CCn1cncn1)N(CC1CCN(C2CCCC2)CC1)C[C@H]1CCCO1. The fourth-order valence-electron chi connectivity index (χ4n) is 5.11. The molecule has 0 bridgehead atoms. The van der Waals surface area contributed by atoms with Crippen LogP contribution < -0.4 is 0 Å². The van der Waals surface area contributed by atoms with E-state index in [1.807, 2.05) is 0 Å². The van der Waals surface area contributed by atoms with Crippen LogP contribution in [0.25, 0.3) is 0 Å². The van der Waals surface area contributed by atoms with Crippen molar-refractivity contribution in [2.45, 2.75) is 76.5 Å². The van der Waals surface area contributed by atoms with Crippen LogP contribution in [-0.4, -0.2) is 75.4 Å². The van der Waals surface area contributed by atoms with Gasteiger partial charge in [-0.15, -0.1) is 0 Å². The molecule has 0 unspecified atom stereocenters. The van der Waals surface area contributed by atoms with Crippen LogP contribution in [0.5, 0.6) is 0 Å². The molecular formula is C21H35N5O2. The zero-order chi connectivity index (χ0) is 19.2. The summed E-state index contributed by atoms with van der Waals surface area (Å²) in [4.78, 5) is 21.7. The maximum atomic E-state index is 13.0. The zero-order valence-electron chi connectivity index (χ0n) is 17.0. The first-order chi connectivity index (χ1) is 13.8. The second-order valence-electron chi connectivity index (χ2n) is 8.76. The van der Waals surface area contributed by atoms with Gasteiger partial charge in [0.1, 0.15) is 12.7 Å². The summed E-state index contributed by atoms with van der Waals surface area (Å²) >= 11 is 0. The maximum absolute atomic E-state index is 13.0. The van der Waals surface area contributed by atoms with Gasteiger partial charge in [0.15, 0.2) is 0 Å². The van der Waals surface area contributed by atoms with Crippen LogP contribution in [0.4, 0.5) is 0 Å². The van der Waals surface area contributed by atoms with Crippen LogP contribution in [0.3, 0.4) is 0 Å². The van der Waals surface area contributed by atoms with E-state index in [1.165, 1.54) is 57.9 Å². The van der Waals surface area contributed by atoms with Crippen molar-refractivity contribution in [2.24, 2.45) is 5.92 Å². The van der Waals surface area contributed by atoms with Gasteiger partial charge in [0.25, 0.3) is 0 Å². The van der Waals surface area contributed by atoms with Crippen LogP contribution >= 0.6 is 0 Å². The Morgan fingerprint density at radius 3 is 2.57 bits per heavy atom. The molecule has 0 radical (unpaired) electrons. The van der Waals surface area contributed by atoms with Crippen molar-refractivity contribution in [2.75, 3.05) is 32.8 Å². The molecule has 2 aliphatic heterocycles. The summed E-state index contributed by atoms with van der Waals surface area (Å²) in [5.41, 5.74) is 0. The molecule has 2 saturated heterocycles. The smallest absolute Gasteiger partial charge is 0.224 e. The molecule has 0 spiro atoms. The summed E-state index contributed by atoms with van der Waals surface area (Å²) in [6, 6.07) is 0.827. The van der Waals surface area contributed by atoms with Crippen LogP contribution in [0.15, 0.2) is 12.7 Å². The van der Waals surface area contributed by atoms with Gasteiger partial charge in [-0.1, -0.05) is 12.8 Å². The Bertz CT molecular complexity index is 588. The van der Waals surface area contributed by atoms with E-state index >= 15 is 0 Å². The number of hydrogen-bond acceptors (Lipinski definition) is 5. The summed E-state index contributed by atoms with van der Waals surface area (Å²) in [5.74, 6) is 0.846. The minimum Gasteiger partial charge on any atom is -0.376 e. The van der Waals surface area contributed by atoms with E-state index in [0.29, 0.717) is 18.9 Å². The summed E-state index contributed by atoms with van der Waals surface area (Å²) < 4.78 is 7.57. The fourth-order valence-corrected chi connectivity index (χ4v) is 5.11. The third-order valence-electron chi connectivity index (χ3n) is 6.79. The molecule has 1 amide bonds. The largest absolute Gasteiger partial charge is 0.376 e. The molecule has 4 rings (SSSR count). The molecule has 1 aromatic heterocycles. The molecule has 3 fully saturated rings. The number of aryl methyl sites for hydroxylation is 1. The standard InChI is InChI=1S/C21H35N5O2/c27-21(9-12-26-17-22-16-23-26)25(15-20-6-3-13-28-20)14-18-7-10-24(11-8-18)19-4-1-2-5-19/h16-20H,1-15H2/t20-/m1/s1. The number of nitrogens with zero attached hydrogens (tertiary/aromatic N) is 5. The molecule has 7 heteroatoms. The Kier molecular flexibility index (Phi) is 6.96. The highest BCUT2D eigenvalue weighted by molar-refractivity contribution is 5.76. The fraction of sp³-hybridized carbons (Fsp3) is 0.857. The first kappa shape index (κ1) is 19.8. The first-order valence-corrected chi connectivity index (χ1v) is 11.2. The zero-order valence-corrected chi connectivity index (χ0v) is 17.0.